The van der Waals surface area contributed by atoms with Gasteiger partial charge in [-0.15, -0.1) is 0 Å². The van der Waals surface area contributed by atoms with Gasteiger partial charge in [0.05, 0.1) is 0 Å². The molecule has 75 heavy (non-hydrogen) atoms. The van der Waals surface area contributed by atoms with Crippen LogP contribution >= 0.6 is 0 Å². The van der Waals surface area contributed by atoms with Crippen molar-refractivity contribution in [3.8, 4) is 0 Å². The zero-order chi connectivity index (χ0) is 54.3. The Labute approximate surface area is 460 Å². The second kappa shape index (κ2) is 61.3. The molecule has 0 aromatic carbocycles. The Morgan fingerprint density at radius 3 is 0.787 bits per heavy atom. The molecular weight excluding hydrogens is 925 g/mol. The highest BCUT2D eigenvalue weighted by Gasteiger charge is 2.19. The Kier molecular flexibility index (Phi) is 57.0. The molecule has 0 saturated heterocycles. The minimum atomic E-state index is -0.834. The van der Waals surface area contributed by atoms with Crippen molar-refractivity contribution in [2.24, 2.45) is 0 Å². The average Bonchev–Trinajstić information content (AvgIpc) is 3.41. The normalized spacial score (nSPS) is 13.4. The second-order valence-electron chi connectivity index (χ2n) is 18.8. The van der Waals surface area contributed by atoms with Crippen LogP contribution in [-0.2, 0) is 28.6 Å². The number of hydrogen-bond donors (Lipinski definition) is 0. The van der Waals surface area contributed by atoms with Gasteiger partial charge in [-0.1, -0.05) is 236 Å². The lowest BCUT2D eigenvalue weighted by Gasteiger charge is -2.18. The molecule has 0 spiro atoms. The third-order valence-electron chi connectivity index (χ3n) is 11.7. The molecule has 0 aliphatic carbocycles. The summed E-state index contributed by atoms with van der Waals surface area (Å²) in [5.41, 5.74) is 0. The van der Waals surface area contributed by atoms with Gasteiger partial charge in [-0.25, -0.2) is 0 Å². The van der Waals surface area contributed by atoms with Crippen LogP contribution in [0.15, 0.2) is 170 Å². The second-order valence-corrected chi connectivity index (χ2v) is 18.8. The smallest absolute Gasteiger partial charge is 0.306 e. The van der Waals surface area contributed by atoms with Crippen LogP contribution in [0.3, 0.4) is 0 Å². The Hall–Kier alpha value is -5.23. The van der Waals surface area contributed by atoms with Crippen LogP contribution in [0.5, 0.6) is 0 Å². The Morgan fingerprint density at radius 2 is 0.493 bits per heavy atom. The molecular formula is C69H106O6. The minimum Gasteiger partial charge on any atom is -0.462 e. The summed E-state index contributed by atoms with van der Waals surface area (Å²) in [7, 11) is 0. The lowest BCUT2D eigenvalue weighted by Crippen LogP contribution is -2.30. The molecule has 0 amide bonds. The van der Waals surface area contributed by atoms with Crippen LogP contribution in [0.25, 0.3) is 0 Å². The first-order chi connectivity index (χ1) is 37.0. The maximum absolute atomic E-state index is 12.9. The number of carbonyl (C=O) groups is 3. The van der Waals surface area contributed by atoms with E-state index in [9.17, 15) is 14.4 Å². The van der Waals surface area contributed by atoms with Crippen molar-refractivity contribution in [3.05, 3.63) is 170 Å². The molecule has 0 radical (unpaired) electrons. The highest BCUT2D eigenvalue weighted by atomic mass is 16.6. The molecule has 6 heteroatoms. The van der Waals surface area contributed by atoms with Gasteiger partial charge in [0.2, 0.25) is 0 Å². The Bertz CT molecular complexity index is 1750. The van der Waals surface area contributed by atoms with Gasteiger partial charge in [0.25, 0.3) is 0 Å². The van der Waals surface area contributed by atoms with Gasteiger partial charge in [0.15, 0.2) is 6.10 Å². The summed E-state index contributed by atoms with van der Waals surface area (Å²) in [5.74, 6) is -1.03. The third-order valence-corrected chi connectivity index (χ3v) is 11.7. The predicted octanol–water partition coefficient (Wildman–Crippen LogP) is 20.3. The van der Waals surface area contributed by atoms with Crippen molar-refractivity contribution in [1.29, 1.82) is 0 Å². The molecule has 0 aromatic heterocycles. The average molecular weight is 1030 g/mol. The SMILES string of the molecule is CC/C=C\C/C=C\C/C=C\C/C=C\C/C=C\CCCCCCCCCC(=O)OCC(COC(=O)CCCCCC/C=C\C/C=C\C/C=C\C/C=C\CC)OC(=O)CCC/C=C\C/C=C\C/C=C\C/C=C\C/C=C\CC. The quantitative estimate of drug-likeness (QED) is 0.0261. The van der Waals surface area contributed by atoms with E-state index < -0.39 is 6.10 Å². The monoisotopic (exact) mass is 1030 g/mol. The topological polar surface area (TPSA) is 78.9 Å². The maximum atomic E-state index is 12.9. The van der Waals surface area contributed by atoms with Crippen LogP contribution in [0.4, 0.5) is 0 Å². The van der Waals surface area contributed by atoms with E-state index in [1.165, 1.54) is 19.3 Å². The number of unbranched alkanes of at least 4 members (excludes halogenated alkanes) is 12. The molecule has 0 aliphatic rings. The Balaban J connectivity index is 4.55. The van der Waals surface area contributed by atoms with Crippen molar-refractivity contribution in [1.82, 2.24) is 0 Å². The minimum absolute atomic E-state index is 0.123. The van der Waals surface area contributed by atoms with Gasteiger partial charge in [0.1, 0.15) is 13.2 Å². The van der Waals surface area contributed by atoms with Gasteiger partial charge >= 0.3 is 17.9 Å². The third kappa shape index (κ3) is 59.5. The zero-order valence-electron chi connectivity index (χ0n) is 47.7. The standard InChI is InChI=1S/C69H106O6/c1-4-7-10-13-16-19-22-25-28-31-32-33-34-35-36-39-41-44-47-50-53-56-59-62-68(71)74-65-66(75-69(72)63-60-57-54-51-48-45-42-38-30-27-24-21-18-15-12-9-6-3)64-73-67(70)61-58-55-52-49-46-43-40-37-29-26-23-20-17-14-11-8-5-2/h7-12,16-21,25-30,32-33,35-36,40,42-43,45,51,54,66H,4-6,13-15,22-24,31,34,37-39,41,44,46-50,52-53,55-65H2,1-3H3/b10-7-,11-8-,12-9-,19-16-,20-17-,21-18-,28-25-,29-26-,30-27-,33-32-,36-35-,43-40-,45-42-,54-51-. The van der Waals surface area contributed by atoms with Gasteiger partial charge in [-0.05, 0) is 141 Å². The maximum Gasteiger partial charge on any atom is 0.306 e. The zero-order valence-corrected chi connectivity index (χ0v) is 47.7. The summed E-state index contributed by atoms with van der Waals surface area (Å²) in [6.45, 7) is 6.20. The largest absolute Gasteiger partial charge is 0.462 e. The fourth-order valence-corrected chi connectivity index (χ4v) is 7.38. The molecule has 1 atom stereocenters. The number of rotatable bonds is 51. The van der Waals surface area contributed by atoms with Crippen molar-refractivity contribution in [2.45, 2.75) is 232 Å². The molecule has 1 unspecified atom stereocenters. The highest BCUT2D eigenvalue weighted by molar-refractivity contribution is 5.71. The number of allylic oxidation sites excluding steroid dienone is 28. The molecule has 6 nitrogen and oxygen atoms in total. The summed E-state index contributed by atoms with van der Waals surface area (Å²) in [5, 5.41) is 0. The van der Waals surface area contributed by atoms with Crippen LogP contribution in [0, 0.1) is 0 Å². The summed E-state index contributed by atoms with van der Waals surface area (Å²) in [6, 6.07) is 0. The highest BCUT2D eigenvalue weighted by Crippen LogP contribution is 2.13. The summed E-state index contributed by atoms with van der Waals surface area (Å²) in [6.07, 6.45) is 90.6. The molecule has 0 fully saturated rings. The van der Waals surface area contributed by atoms with Crippen molar-refractivity contribution >= 4 is 17.9 Å². The molecule has 0 aliphatic heterocycles. The van der Waals surface area contributed by atoms with Gasteiger partial charge in [-0.2, -0.15) is 0 Å². The number of ether oxygens (including phenoxy) is 3. The van der Waals surface area contributed by atoms with Gasteiger partial charge < -0.3 is 14.2 Å². The fourth-order valence-electron chi connectivity index (χ4n) is 7.38. The van der Waals surface area contributed by atoms with E-state index in [0.717, 1.165) is 161 Å². The number of carbonyl (C=O) groups excluding carboxylic acids is 3. The molecule has 0 bridgehead atoms. The molecule has 418 valence electrons. The van der Waals surface area contributed by atoms with E-state index in [0.29, 0.717) is 19.3 Å². The van der Waals surface area contributed by atoms with Crippen LogP contribution in [-0.4, -0.2) is 37.2 Å². The lowest BCUT2D eigenvalue weighted by atomic mass is 10.1. The van der Waals surface area contributed by atoms with E-state index in [1.54, 1.807) is 0 Å². The first kappa shape index (κ1) is 69.8. The summed E-state index contributed by atoms with van der Waals surface area (Å²) < 4.78 is 16.8. The Morgan fingerprint density at radius 1 is 0.267 bits per heavy atom. The van der Waals surface area contributed by atoms with E-state index in [1.807, 2.05) is 0 Å². The predicted molar refractivity (Wildman–Crippen MR) is 325 cm³/mol. The van der Waals surface area contributed by atoms with Gasteiger partial charge in [0, 0.05) is 19.3 Å². The number of hydrogen-bond acceptors (Lipinski definition) is 6. The van der Waals surface area contributed by atoms with Crippen LogP contribution in [0.2, 0.25) is 0 Å². The van der Waals surface area contributed by atoms with Crippen LogP contribution in [0.1, 0.15) is 226 Å². The molecule has 0 saturated carbocycles. The lowest BCUT2D eigenvalue weighted by molar-refractivity contribution is -0.167. The van der Waals surface area contributed by atoms with Crippen molar-refractivity contribution < 1.29 is 28.6 Å². The molecule has 0 rings (SSSR count). The summed E-state index contributed by atoms with van der Waals surface area (Å²) >= 11 is 0. The molecule has 0 N–H and O–H groups in total. The van der Waals surface area contributed by atoms with Gasteiger partial charge in [-0.3, -0.25) is 14.4 Å². The van der Waals surface area contributed by atoms with Crippen LogP contribution < -0.4 is 0 Å². The fraction of sp³-hybridized carbons (Fsp3) is 0.551. The van der Waals surface area contributed by atoms with E-state index in [2.05, 4.69) is 191 Å². The molecule has 0 aromatic rings. The van der Waals surface area contributed by atoms with E-state index in [-0.39, 0.29) is 37.5 Å². The van der Waals surface area contributed by atoms with E-state index in [4.69, 9.17) is 14.2 Å². The summed E-state index contributed by atoms with van der Waals surface area (Å²) in [4.78, 5) is 38.2. The van der Waals surface area contributed by atoms with Crippen molar-refractivity contribution in [2.75, 3.05) is 13.2 Å². The first-order valence-electron chi connectivity index (χ1n) is 29.6. The molecule has 0 heterocycles. The van der Waals surface area contributed by atoms with Crippen molar-refractivity contribution in [3.63, 3.8) is 0 Å². The number of esters is 3. The van der Waals surface area contributed by atoms with E-state index >= 15 is 0 Å². The first-order valence-corrected chi connectivity index (χ1v) is 29.6.